The van der Waals surface area contributed by atoms with Gasteiger partial charge in [-0.3, -0.25) is 4.79 Å². The Morgan fingerprint density at radius 2 is 2.00 bits per heavy atom. The Morgan fingerprint density at radius 3 is 2.63 bits per heavy atom. The third kappa shape index (κ3) is 5.09. The van der Waals surface area contributed by atoms with Crippen LogP contribution in [0.1, 0.15) is 39.0 Å². The molecular weight excluding hydrogens is 240 g/mol. The minimum Gasteiger partial charge on any atom is -0.357 e. The Morgan fingerprint density at radius 1 is 1.26 bits per heavy atom. The third-order valence-electron chi connectivity index (χ3n) is 3.72. The second-order valence-corrected chi connectivity index (χ2v) is 5.44. The fourth-order valence-electron chi connectivity index (χ4n) is 2.36. The predicted octanol–water partition coefficient (Wildman–Crippen LogP) is 0.964. The van der Waals surface area contributed by atoms with Crippen LogP contribution in [-0.4, -0.2) is 49.5 Å². The van der Waals surface area contributed by atoms with Crippen molar-refractivity contribution in [3.05, 3.63) is 0 Å². The fourth-order valence-corrected chi connectivity index (χ4v) is 2.36. The molecule has 19 heavy (non-hydrogen) atoms. The molecule has 108 valence electrons. The summed E-state index contributed by atoms with van der Waals surface area (Å²) in [5.41, 5.74) is 0. The molecule has 1 saturated carbocycles. The van der Waals surface area contributed by atoms with Crippen LogP contribution in [-0.2, 0) is 4.79 Å². The molecule has 0 aromatic heterocycles. The van der Waals surface area contributed by atoms with E-state index in [1.54, 1.807) is 0 Å². The number of carbonyl (C=O) groups excluding carboxylic acids is 1. The molecule has 0 bridgehead atoms. The van der Waals surface area contributed by atoms with Crippen molar-refractivity contribution < 1.29 is 4.79 Å². The number of rotatable bonds is 6. The molecule has 0 spiro atoms. The molecule has 1 aliphatic heterocycles. The van der Waals surface area contributed by atoms with E-state index in [9.17, 15) is 4.79 Å². The van der Waals surface area contributed by atoms with E-state index in [2.05, 4.69) is 15.6 Å². The first kappa shape index (κ1) is 14.2. The molecule has 2 N–H and O–H groups in total. The van der Waals surface area contributed by atoms with Crippen LogP contribution >= 0.6 is 0 Å². The highest BCUT2D eigenvalue weighted by Crippen LogP contribution is 2.31. The predicted molar refractivity (Wildman–Crippen MR) is 77.1 cm³/mol. The highest BCUT2D eigenvalue weighted by molar-refractivity contribution is 5.85. The second kappa shape index (κ2) is 7.36. The average Bonchev–Trinajstić information content (AvgIpc) is 3.06. The number of aliphatic imine (C=N–C) groups is 1. The molecule has 2 aliphatic rings. The van der Waals surface area contributed by atoms with E-state index in [4.69, 9.17) is 0 Å². The SMILES string of the molecule is CCNC(=NCC(=O)N1CCCC1)NCCC1CC1. The molecule has 0 radical (unpaired) electrons. The van der Waals surface area contributed by atoms with E-state index in [0.717, 1.165) is 50.9 Å². The molecule has 1 aliphatic carbocycles. The lowest BCUT2D eigenvalue weighted by molar-refractivity contribution is -0.128. The van der Waals surface area contributed by atoms with Gasteiger partial charge in [-0.1, -0.05) is 12.8 Å². The third-order valence-corrected chi connectivity index (χ3v) is 3.72. The van der Waals surface area contributed by atoms with Gasteiger partial charge in [0.15, 0.2) is 5.96 Å². The topological polar surface area (TPSA) is 56.7 Å². The van der Waals surface area contributed by atoms with Gasteiger partial charge < -0.3 is 15.5 Å². The zero-order valence-corrected chi connectivity index (χ0v) is 12.0. The molecule has 0 atom stereocenters. The monoisotopic (exact) mass is 266 g/mol. The van der Waals surface area contributed by atoms with Gasteiger partial charge in [0.2, 0.25) is 5.91 Å². The van der Waals surface area contributed by atoms with Crippen molar-refractivity contribution in [3.8, 4) is 0 Å². The number of hydrogen-bond donors (Lipinski definition) is 2. The lowest BCUT2D eigenvalue weighted by atomic mass is 10.3. The number of carbonyl (C=O) groups is 1. The summed E-state index contributed by atoms with van der Waals surface area (Å²) in [7, 11) is 0. The normalized spacial score (nSPS) is 19.6. The summed E-state index contributed by atoms with van der Waals surface area (Å²) >= 11 is 0. The van der Waals surface area contributed by atoms with Gasteiger partial charge in [0.1, 0.15) is 6.54 Å². The molecule has 1 heterocycles. The molecule has 2 rings (SSSR count). The number of hydrogen-bond acceptors (Lipinski definition) is 2. The zero-order valence-electron chi connectivity index (χ0n) is 12.0. The van der Waals surface area contributed by atoms with Gasteiger partial charge in [-0.15, -0.1) is 0 Å². The average molecular weight is 266 g/mol. The highest BCUT2D eigenvalue weighted by atomic mass is 16.2. The summed E-state index contributed by atoms with van der Waals surface area (Å²) in [6.07, 6.45) is 6.24. The molecule has 1 saturated heterocycles. The van der Waals surface area contributed by atoms with Gasteiger partial charge in [0, 0.05) is 26.2 Å². The number of guanidine groups is 1. The van der Waals surface area contributed by atoms with Crippen LogP contribution in [0, 0.1) is 5.92 Å². The maximum atomic E-state index is 11.9. The van der Waals surface area contributed by atoms with Gasteiger partial charge in [-0.25, -0.2) is 4.99 Å². The number of nitrogens with zero attached hydrogens (tertiary/aromatic N) is 2. The van der Waals surface area contributed by atoms with E-state index < -0.39 is 0 Å². The van der Waals surface area contributed by atoms with E-state index >= 15 is 0 Å². The van der Waals surface area contributed by atoms with Crippen LogP contribution in [0.5, 0.6) is 0 Å². The Hall–Kier alpha value is -1.26. The highest BCUT2D eigenvalue weighted by Gasteiger charge is 2.20. The summed E-state index contributed by atoms with van der Waals surface area (Å²) in [6, 6.07) is 0. The molecule has 1 amide bonds. The van der Waals surface area contributed by atoms with Crippen molar-refractivity contribution in [1.29, 1.82) is 0 Å². The van der Waals surface area contributed by atoms with Gasteiger partial charge in [-0.2, -0.15) is 0 Å². The lowest BCUT2D eigenvalue weighted by Gasteiger charge is -2.15. The Bertz CT molecular complexity index is 319. The first-order chi connectivity index (χ1) is 9.29. The molecule has 5 nitrogen and oxygen atoms in total. The first-order valence-electron chi connectivity index (χ1n) is 7.59. The smallest absolute Gasteiger partial charge is 0.244 e. The second-order valence-electron chi connectivity index (χ2n) is 5.44. The largest absolute Gasteiger partial charge is 0.357 e. The minimum absolute atomic E-state index is 0.150. The van der Waals surface area contributed by atoms with E-state index in [-0.39, 0.29) is 12.5 Å². The molecular formula is C14H26N4O. The molecule has 0 unspecified atom stereocenters. The molecule has 2 fully saturated rings. The molecule has 0 aromatic rings. The van der Waals surface area contributed by atoms with E-state index in [1.807, 2.05) is 11.8 Å². The van der Waals surface area contributed by atoms with Crippen molar-refractivity contribution >= 4 is 11.9 Å². The minimum atomic E-state index is 0.150. The number of nitrogens with one attached hydrogen (secondary N) is 2. The van der Waals surface area contributed by atoms with Crippen LogP contribution in [0.25, 0.3) is 0 Å². The lowest BCUT2D eigenvalue weighted by Crippen LogP contribution is -2.39. The van der Waals surface area contributed by atoms with Crippen molar-refractivity contribution in [2.75, 3.05) is 32.7 Å². The van der Waals surface area contributed by atoms with E-state index in [0.29, 0.717) is 0 Å². The van der Waals surface area contributed by atoms with Gasteiger partial charge in [-0.05, 0) is 32.1 Å². The fraction of sp³-hybridized carbons (Fsp3) is 0.857. The first-order valence-corrected chi connectivity index (χ1v) is 7.59. The molecule has 0 aromatic carbocycles. The van der Waals surface area contributed by atoms with Crippen molar-refractivity contribution in [3.63, 3.8) is 0 Å². The zero-order chi connectivity index (χ0) is 13.5. The van der Waals surface area contributed by atoms with Crippen LogP contribution in [0.4, 0.5) is 0 Å². The van der Waals surface area contributed by atoms with Crippen LogP contribution in [0.2, 0.25) is 0 Å². The van der Waals surface area contributed by atoms with Crippen LogP contribution < -0.4 is 10.6 Å². The van der Waals surface area contributed by atoms with Gasteiger partial charge in [0.25, 0.3) is 0 Å². The summed E-state index contributed by atoms with van der Waals surface area (Å²) in [5.74, 6) is 1.84. The Kier molecular flexibility index (Phi) is 5.48. The summed E-state index contributed by atoms with van der Waals surface area (Å²) < 4.78 is 0. The Balaban J connectivity index is 1.71. The number of likely N-dealkylation sites (tertiary alicyclic amines) is 1. The van der Waals surface area contributed by atoms with Crippen molar-refractivity contribution in [2.45, 2.75) is 39.0 Å². The van der Waals surface area contributed by atoms with Crippen molar-refractivity contribution in [1.82, 2.24) is 15.5 Å². The Labute approximate surface area is 115 Å². The van der Waals surface area contributed by atoms with Crippen LogP contribution in [0.15, 0.2) is 4.99 Å². The standard InChI is InChI=1S/C14H26N4O/c1-2-15-14(16-8-7-12-5-6-12)17-11-13(19)18-9-3-4-10-18/h12H,2-11H2,1H3,(H2,15,16,17). The van der Waals surface area contributed by atoms with Crippen LogP contribution in [0.3, 0.4) is 0 Å². The summed E-state index contributed by atoms with van der Waals surface area (Å²) in [5, 5.41) is 6.50. The van der Waals surface area contributed by atoms with Gasteiger partial charge >= 0.3 is 0 Å². The summed E-state index contributed by atoms with van der Waals surface area (Å²) in [4.78, 5) is 18.2. The van der Waals surface area contributed by atoms with Crippen molar-refractivity contribution in [2.24, 2.45) is 10.9 Å². The molecule has 5 heteroatoms. The van der Waals surface area contributed by atoms with Gasteiger partial charge in [0.05, 0.1) is 0 Å². The van der Waals surface area contributed by atoms with E-state index in [1.165, 1.54) is 19.3 Å². The number of amides is 1. The maximum absolute atomic E-state index is 11.9. The summed E-state index contributed by atoms with van der Waals surface area (Å²) in [6.45, 7) is 5.89. The quantitative estimate of drug-likeness (QED) is 0.556. The maximum Gasteiger partial charge on any atom is 0.244 e.